The van der Waals surface area contributed by atoms with Crippen molar-refractivity contribution in [2.75, 3.05) is 14.2 Å². The lowest BCUT2D eigenvalue weighted by Crippen LogP contribution is -2.48. The Hall–Kier alpha value is -6.14. The monoisotopic (exact) mass is 670 g/mol. The van der Waals surface area contributed by atoms with Gasteiger partial charge in [-0.25, -0.2) is 0 Å². The highest BCUT2D eigenvalue weighted by Gasteiger charge is 2.81. The van der Waals surface area contributed by atoms with Gasteiger partial charge in [0.25, 0.3) is 0 Å². The van der Waals surface area contributed by atoms with Crippen LogP contribution in [0.15, 0.2) is 93.8 Å². The molecule has 0 amide bonds. The van der Waals surface area contributed by atoms with Crippen LogP contribution in [0.2, 0.25) is 0 Å². The molecular formula is C37H20F6N2O4. The fraction of sp³-hybridized carbons (Fsp3) is 0.135. The second-order valence-corrected chi connectivity index (χ2v) is 11.1. The van der Waals surface area contributed by atoms with E-state index in [1.54, 1.807) is 0 Å². The van der Waals surface area contributed by atoms with Crippen LogP contribution < -0.4 is 9.47 Å². The molecule has 0 N–H and O–H groups in total. The van der Waals surface area contributed by atoms with Gasteiger partial charge in [0.1, 0.15) is 34.2 Å². The average molecular weight is 671 g/mol. The number of methoxy groups -OCH3 is 2. The molecule has 1 aliphatic carbocycles. The summed E-state index contributed by atoms with van der Waals surface area (Å²) in [4.78, 5) is 0. The first-order valence-corrected chi connectivity index (χ1v) is 14.5. The van der Waals surface area contributed by atoms with Crippen LogP contribution in [0.1, 0.15) is 22.3 Å². The standard InChI is InChI=1S/C37H20F6N2O4/c1-46-23-13-9-19(10-14-23)33-29(27-21(17-44)5-3-7-25(27)48-33)31-32(36(40,41)37(42,43)35(31,38)39)30-28-22(18-45)6-4-8-26(28)49-34(30)20-11-15-24(47-2)16-12-20/h3-16H,1-2H3. The first-order valence-electron chi connectivity index (χ1n) is 14.5. The van der Waals surface area contributed by atoms with Crippen molar-refractivity contribution in [3.8, 4) is 46.3 Å². The van der Waals surface area contributed by atoms with Gasteiger partial charge in [0.15, 0.2) is 0 Å². The molecule has 2 aromatic heterocycles. The maximum Gasteiger partial charge on any atom is 0.380 e. The molecule has 0 atom stereocenters. The summed E-state index contributed by atoms with van der Waals surface area (Å²) in [6, 6.07) is 22.7. The molecule has 6 aromatic rings. The number of hydrogen-bond acceptors (Lipinski definition) is 6. The topological polar surface area (TPSA) is 92.3 Å². The van der Waals surface area contributed by atoms with E-state index in [0.717, 1.165) is 0 Å². The van der Waals surface area contributed by atoms with E-state index in [0.29, 0.717) is 11.5 Å². The molecule has 0 aliphatic heterocycles. The second kappa shape index (κ2) is 11.0. The summed E-state index contributed by atoms with van der Waals surface area (Å²) >= 11 is 0. The number of alkyl halides is 6. The maximum absolute atomic E-state index is 16.5. The molecule has 2 heterocycles. The summed E-state index contributed by atoms with van der Waals surface area (Å²) in [5.41, 5.74) is -6.09. The zero-order valence-corrected chi connectivity index (χ0v) is 25.4. The summed E-state index contributed by atoms with van der Waals surface area (Å²) in [6.45, 7) is 0. The molecule has 0 unspecified atom stereocenters. The van der Waals surface area contributed by atoms with Gasteiger partial charge in [0, 0.05) is 44.2 Å². The van der Waals surface area contributed by atoms with Crippen LogP contribution in [0, 0.1) is 22.7 Å². The fourth-order valence-corrected chi connectivity index (χ4v) is 6.24. The van der Waals surface area contributed by atoms with Gasteiger partial charge < -0.3 is 18.3 Å². The molecule has 0 fully saturated rings. The molecule has 49 heavy (non-hydrogen) atoms. The number of nitriles is 2. The Morgan fingerprint density at radius 1 is 0.551 bits per heavy atom. The van der Waals surface area contributed by atoms with E-state index in [1.165, 1.54) is 99.1 Å². The third kappa shape index (κ3) is 4.34. The number of rotatable bonds is 6. The van der Waals surface area contributed by atoms with E-state index in [4.69, 9.17) is 18.3 Å². The number of benzene rings is 4. The van der Waals surface area contributed by atoms with Crippen molar-refractivity contribution >= 4 is 33.1 Å². The highest BCUT2D eigenvalue weighted by atomic mass is 19.3. The Labute approximate surface area is 273 Å². The van der Waals surface area contributed by atoms with Gasteiger partial charge in [-0.2, -0.15) is 36.9 Å². The molecule has 0 bridgehead atoms. The fourth-order valence-electron chi connectivity index (χ4n) is 6.24. The van der Waals surface area contributed by atoms with Crippen molar-refractivity contribution in [1.82, 2.24) is 0 Å². The lowest BCUT2D eigenvalue weighted by molar-refractivity contribution is -0.254. The molecular weight excluding hydrogens is 650 g/mol. The molecule has 0 radical (unpaired) electrons. The minimum atomic E-state index is -5.99. The number of hydrogen-bond donors (Lipinski definition) is 0. The van der Waals surface area contributed by atoms with Gasteiger partial charge in [0.05, 0.1) is 37.5 Å². The molecule has 1 aliphatic rings. The quantitative estimate of drug-likeness (QED) is 0.164. The van der Waals surface area contributed by atoms with E-state index in [1.807, 2.05) is 12.1 Å². The number of allylic oxidation sites excluding steroid dienone is 2. The first-order chi connectivity index (χ1) is 23.4. The molecule has 0 saturated carbocycles. The number of ether oxygens (including phenoxy) is 2. The Morgan fingerprint density at radius 3 is 1.24 bits per heavy atom. The molecule has 0 saturated heterocycles. The van der Waals surface area contributed by atoms with Crippen molar-refractivity contribution in [2.45, 2.75) is 17.8 Å². The van der Waals surface area contributed by atoms with Crippen molar-refractivity contribution in [3.05, 3.63) is 107 Å². The van der Waals surface area contributed by atoms with Crippen molar-refractivity contribution in [2.24, 2.45) is 0 Å². The van der Waals surface area contributed by atoms with E-state index >= 15 is 26.3 Å². The van der Waals surface area contributed by atoms with Crippen LogP contribution in [0.3, 0.4) is 0 Å². The van der Waals surface area contributed by atoms with Crippen molar-refractivity contribution < 1.29 is 44.7 Å². The van der Waals surface area contributed by atoms with E-state index < -0.39 is 51.6 Å². The molecule has 0 spiro atoms. The van der Waals surface area contributed by atoms with Crippen LogP contribution in [0.5, 0.6) is 11.5 Å². The number of nitrogens with zero attached hydrogens (tertiary/aromatic N) is 2. The Morgan fingerprint density at radius 2 is 0.918 bits per heavy atom. The van der Waals surface area contributed by atoms with E-state index in [2.05, 4.69) is 0 Å². The summed E-state index contributed by atoms with van der Waals surface area (Å²) in [5, 5.41) is 19.3. The minimum absolute atomic E-state index is 0.0437. The third-order valence-corrected chi connectivity index (χ3v) is 8.54. The highest BCUT2D eigenvalue weighted by molar-refractivity contribution is 6.16. The Kier molecular flexibility index (Phi) is 7.04. The van der Waals surface area contributed by atoms with Gasteiger partial charge in [-0.05, 0) is 72.8 Å². The number of fused-ring (bicyclic) bond motifs is 2. The largest absolute Gasteiger partial charge is 0.497 e. The van der Waals surface area contributed by atoms with Gasteiger partial charge in [-0.1, -0.05) is 12.1 Å². The SMILES string of the molecule is COc1ccc(-c2oc3cccc(C#N)c3c2C2=C(c3c(-c4ccc(OC)cc4)oc4cccc(C#N)c34)C(F)(F)C(F)(F)C2(F)F)cc1. The van der Waals surface area contributed by atoms with Gasteiger partial charge in [-0.15, -0.1) is 0 Å². The maximum atomic E-state index is 16.5. The minimum Gasteiger partial charge on any atom is -0.497 e. The smallest absolute Gasteiger partial charge is 0.380 e. The summed E-state index contributed by atoms with van der Waals surface area (Å²) in [6.07, 6.45) is 0. The Balaban J connectivity index is 1.72. The molecule has 6 nitrogen and oxygen atoms in total. The summed E-state index contributed by atoms with van der Waals surface area (Å²) in [7, 11) is 2.76. The number of furan rings is 2. The van der Waals surface area contributed by atoms with Crippen molar-refractivity contribution in [1.29, 1.82) is 10.5 Å². The highest BCUT2D eigenvalue weighted by Crippen LogP contribution is 2.67. The van der Waals surface area contributed by atoms with E-state index in [-0.39, 0.29) is 44.2 Å². The van der Waals surface area contributed by atoms with Crippen LogP contribution in [-0.4, -0.2) is 32.0 Å². The lowest BCUT2D eigenvalue weighted by Gasteiger charge is -2.26. The number of halogens is 6. The second-order valence-electron chi connectivity index (χ2n) is 11.1. The molecule has 12 heteroatoms. The zero-order chi connectivity index (χ0) is 34.9. The van der Waals surface area contributed by atoms with Crippen molar-refractivity contribution in [3.63, 3.8) is 0 Å². The van der Waals surface area contributed by atoms with E-state index in [9.17, 15) is 10.5 Å². The molecule has 244 valence electrons. The third-order valence-electron chi connectivity index (χ3n) is 8.54. The van der Waals surface area contributed by atoms with Crippen LogP contribution in [0.4, 0.5) is 26.3 Å². The molecule has 7 rings (SSSR count). The predicted molar refractivity (Wildman–Crippen MR) is 167 cm³/mol. The summed E-state index contributed by atoms with van der Waals surface area (Å²) < 4.78 is 120. The first kappa shape index (κ1) is 31.5. The normalized spacial score (nSPS) is 16.1. The predicted octanol–water partition coefficient (Wildman–Crippen LogP) is 10.1. The van der Waals surface area contributed by atoms with Crippen LogP contribution in [-0.2, 0) is 0 Å². The van der Waals surface area contributed by atoms with Gasteiger partial charge >= 0.3 is 17.8 Å². The molecule has 4 aromatic carbocycles. The van der Waals surface area contributed by atoms with Gasteiger partial charge in [0.2, 0.25) is 0 Å². The summed E-state index contributed by atoms with van der Waals surface area (Å²) in [5.74, 6) is -17.3. The van der Waals surface area contributed by atoms with Crippen LogP contribution >= 0.6 is 0 Å². The zero-order valence-electron chi connectivity index (χ0n) is 25.4. The van der Waals surface area contributed by atoms with Gasteiger partial charge in [-0.3, -0.25) is 0 Å². The lowest BCUT2D eigenvalue weighted by atomic mass is 9.87. The Bertz CT molecular complexity index is 2240. The van der Waals surface area contributed by atoms with Crippen LogP contribution in [0.25, 0.3) is 55.7 Å². The average Bonchev–Trinajstić information content (AvgIpc) is 3.71.